The van der Waals surface area contributed by atoms with Crippen LogP contribution in [0, 0.1) is 11.3 Å². The van der Waals surface area contributed by atoms with Crippen LogP contribution in [0.25, 0.3) is 0 Å². The molecular weight excluding hydrogens is 404 g/mol. The molecule has 1 unspecified atom stereocenters. The predicted molar refractivity (Wildman–Crippen MR) is 130 cm³/mol. The van der Waals surface area contributed by atoms with E-state index in [4.69, 9.17) is 17.7 Å². The number of nitrogens with one attached hydrogen (secondary N) is 2. The quantitative estimate of drug-likeness (QED) is 0.436. The van der Waals surface area contributed by atoms with Crippen molar-refractivity contribution in [3.8, 4) is 0 Å². The summed E-state index contributed by atoms with van der Waals surface area (Å²) in [5, 5.41) is 6.16. The van der Waals surface area contributed by atoms with Crippen molar-refractivity contribution in [2.24, 2.45) is 11.3 Å². The Kier molecular flexibility index (Phi) is 6.97. The van der Waals surface area contributed by atoms with Crippen LogP contribution in [0.15, 0.2) is 11.6 Å². The fourth-order valence-corrected chi connectivity index (χ4v) is 3.69. The van der Waals surface area contributed by atoms with Gasteiger partial charge < -0.3 is 20.1 Å². The molecule has 6 nitrogen and oxygen atoms in total. The van der Waals surface area contributed by atoms with Crippen LogP contribution in [0.5, 0.6) is 0 Å². The molecule has 1 rings (SSSR count). The lowest BCUT2D eigenvalue weighted by Gasteiger charge is -2.52. The SMILES string of the molecule is [2H]C([2H])(C)C([2H])([2H])C(C)(O[C@@H]1C=C(C(=O)OC(C)C)C[C@H](NC)[C@@]1(C)NC(=O)C(C)C)C(C)(C)C([2H])([2H])C. The molecule has 186 valence electrons. The van der Waals surface area contributed by atoms with Crippen molar-refractivity contribution in [1.29, 1.82) is 0 Å². The normalized spacial score (nSPS) is 30.1. The molecular formula is C26H48N2O4. The number of ether oxygens (including phenoxy) is 2. The first-order chi connectivity index (χ1) is 16.8. The van der Waals surface area contributed by atoms with Gasteiger partial charge in [-0.15, -0.1) is 0 Å². The summed E-state index contributed by atoms with van der Waals surface area (Å²) in [5.74, 6) is -1.25. The van der Waals surface area contributed by atoms with Gasteiger partial charge in [-0.3, -0.25) is 4.79 Å². The largest absolute Gasteiger partial charge is 0.460 e. The lowest BCUT2D eigenvalue weighted by Crippen LogP contribution is -2.69. The minimum atomic E-state index is -2.71. The Morgan fingerprint density at radius 2 is 1.84 bits per heavy atom. The minimum Gasteiger partial charge on any atom is -0.460 e. The van der Waals surface area contributed by atoms with E-state index in [2.05, 4.69) is 10.6 Å². The topological polar surface area (TPSA) is 76.7 Å². The molecule has 0 aliphatic heterocycles. The average molecular weight is 459 g/mol. The van der Waals surface area contributed by atoms with E-state index in [1.807, 2.05) is 0 Å². The van der Waals surface area contributed by atoms with Crippen molar-refractivity contribution in [3.63, 3.8) is 0 Å². The van der Waals surface area contributed by atoms with E-state index in [1.165, 1.54) is 33.8 Å². The van der Waals surface area contributed by atoms with E-state index < -0.39 is 53.8 Å². The number of likely N-dealkylation sites (N-methyl/N-ethyl adjacent to an activating group) is 1. The first kappa shape index (κ1) is 20.0. The second-order valence-electron chi connectivity index (χ2n) is 9.94. The molecule has 0 heterocycles. The molecule has 4 atom stereocenters. The van der Waals surface area contributed by atoms with Gasteiger partial charge in [-0.25, -0.2) is 4.79 Å². The summed E-state index contributed by atoms with van der Waals surface area (Å²) in [4.78, 5) is 25.9. The molecule has 1 aliphatic carbocycles. The molecule has 1 amide bonds. The maximum atomic E-state index is 13.0. The van der Waals surface area contributed by atoms with Gasteiger partial charge in [-0.05, 0) is 65.4 Å². The Morgan fingerprint density at radius 3 is 2.28 bits per heavy atom. The number of hydrogen-bond acceptors (Lipinski definition) is 5. The van der Waals surface area contributed by atoms with E-state index in [0.717, 1.165) is 6.92 Å². The summed E-state index contributed by atoms with van der Waals surface area (Å²) in [5.41, 5.74) is -4.63. The fraction of sp³-hybridized carbons (Fsp3) is 0.846. The van der Waals surface area contributed by atoms with Crippen LogP contribution in [-0.2, 0) is 19.1 Å². The van der Waals surface area contributed by atoms with Gasteiger partial charge >= 0.3 is 5.97 Å². The molecule has 0 aromatic rings. The van der Waals surface area contributed by atoms with Crippen molar-refractivity contribution in [3.05, 3.63) is 11.6 Å². The van der Waals surface area contributed by atoms with Crippen molar-refractivity contribution >= 4 is 11.9 Å². The second-order valence-corrected chi connectivity index (χ2v) is 9.94. The van der Waals surface area contributed by atoms with Crippen LogP contribution < -0.4 is 10.6 Å². The van der Waals surface area contributed by atoms with Crippen molar-refractivity contribution < 1.29 is 27.3 Å². The fourth-order valence-electron chi connectivity index (χ4n) is 3.69. The Hall–Kier alpha value is -1.40. The number of hydrogen-bond donors (Lipinski definition) is 2. The van der Waals surface area contributed by atoms with Crippen LogP contribution >= 0.6 is 0 Å². The van der Waals surface area contributed by atoms with Crippen LogP contribution in [0.1, 0.15) is 103 Å². The number of amides is 1. The zero-order valence-corrected chi connectivity index (χ0v) is 21.7. The van der Waals surface area contributed by atoms with E-state index in [-0.39, 0.29) is 29.9 Å². The van der Waals surface area contributed by atoms with Crippen LogP contribution in [0.3, 0.4) is 0 Å². The first-order valence-electron chi connectivity index (χ1n) is 14.4. The zero-order valence-electron chi connectivity index (χ0n) is 27.7. The highest BCUT2D eigenvalue weighted by Crippen LogP contribution is 2.44. The van der Waals surface area contributed by atoms with Crippen LogP contribution in [0.2, 0.25) is 0 Å². The highest BCUT2D eigenvalue weighted by atomic mass is 16.5. The Morgan fingerprint density at radius 1 is 1.25 bits per heavy atom. The first-order valence-corrected chi connectivity index (χ1v) is 11.4. The molecule has 2 N–H and O–H groups in total. The average Bonchev–Trinajstić information content (AvgIpc) is 2.72. The Labute approximate surface area is 204 Å². The van der Waals surface area contributed by atoms with Crippen molar-refractivity contribution in [1.82, 2.24) is 10.6 Å². The second kappa shape index (κ2) is 11.1. The summed E-state index contributed by atoms with van der Waals surface area (Å²) >= 11 is 0. The third kappa shape index (κ3) is 6.34. The molecule has 0 fully saturated rings. The lowest BCUT2D eigenvalue weighted by atomic mass is 9.70. The lowest BCUT2D eigenvalue weighted by molar-refractivity contribution is -0.169. The van der Waals surface area contributed by atoms with Gasteiger partial charge in [0.15, 0.2) is 0 Å². The smallest absolute Gasteiger partial charge is 0.334 e. The Balaban J connectivity index is 3.98. The molecule has 32 heavy (non-hydrogen) atoms. The van der Waals surface area contributed by atoms with Crippen molar-refractivity contribution in [2.45, 2.75) is 124 Å². The number of rotatable bonds is 11. The molecule has 0 saturated carbocycles. The molecule has 6 heteroatoms. The maximum Gasteiger partial charge on any atom is 0.334 e. The molecule has 0 radical (unpaired) electrons. The molecule has 0 aromatic heterocycles. The minimum absolute atomic E-state index is 0.187. The summed E-state index contributed by atoms with van der Waals surface area (Å²) < 4.78 is 63.6. The van der Waals surface area contributed by atoms with E-state index in [0.29, 0.717) is 0 Å². The number of esters is 1. The third-order valence-corrected chi connectivity index (χ3v) is 6.51. The van der Waals surface area contributed by atoms with E-state index >= 15 is 0 Å². The molecule has 0 saturated heterocycles. The van der Waals surface area contributed by atoms with Gasteiger partial charge in [0, 0.05) is 25.8 Å². The predicted octanol–water partition coefficient (Wildman–Crippen LogP) is 4.77. The van der Waals surface area contributed by atoms with Gasteiger partial charge in [0.05, 0.1) is 17.2 Å². The maximum absolute atomic E-state index is 13.0. The summed E-state index contributed by atoms with van der Waals surface area (Å²) in [6.07, 6.45) is -7.03. The molecule has 0 aromatic carbocycles. The van der Waals surface area contributed by atoms with Gasteiger partial charge in [0.2, 0.25) is 5.91 Å². The zero-order chi connectivity index (χ0) is 30.3. The van der Waals surface area contributed by atoms with E-state index in [1.54, 1.807) is 41.7 Å². The van der Waals surface area contributed by atoms with Gasteiger partial charge in [-0.2, -0.15) is 0 Å². The molecule has 0 spiro atoms. The highest BCUT2D eigenvalue weighted by Gasteiger charge is 2.51. The van der Waals surface area contributed by atoms with Crippen LogP contribution in [-0.4, -0.2) is 48.3 Å². The standard InChI is InChI=1S/C26H48N2O4/c1-12-14-25(9,24(7,8)13-2)32-21-16-19(23(30)31-18(5)6)15-20(27-11)26(21,10)28-22(29)17(3)4/h16-18,20-21,27H,12-15H2,1-11H3,(H,28,29)/t20-,21+,25?,26+/m0/s1/i12D2,13D2,14D2. The van der Waals surface area contributed by atoms with E-state index in [9.17, 15) is 9.59 Å². The highest BCUT2D eigenvalue weighted by molar-refractivity contribution is 5.89. The van der Waals surface area contributed by atoms with Crippen molar-refractivity contribution in [2.75, 3.05) is 7.05 Å². The van der Waals surface area contributed by atoms with Gasteiger partial charge in [-0.1, -0.05) is 47.9 Å². The monoisotopic (exact) mass is 458 g/mol. The number of carbonyl (C=O) groups is 2. The molecule has 0 bridgehead atoms. The number of carbonyl (C=O) groups excluding carboxylic acids is 2. The van der Waals surface area contributed by atoms with Gasteiger partial charge in [0.25, 0.3) is 0 Å². The summed E-state index contributed by atoms with van der Waals surface area (Å²) in [6.45, 7) is 15.4. The van der Waals surface area contributed by atoms with Crippen LogP contribution in [0.4, 0.5) is 0 Å². The summed E-state index contributed by atoms with van der Waals surface area (Å²) in [7, 11) is 1.68. The third-order valence-electron chi connectivity index (χ3n) is 6.51. The van der Waals surface area contributed by atoms with Gasteiger partial charge in [0.1, 0.15) is 6.10 Å². The summed E-state index contributed by atoms with van der Waals surface area (Å²) in [6, 6.07) is -0.551. The molecule has 1 aliphatic rings. The Bertz CT molecular complexity index is 882.